The number of aryl methyl sites for hydroxylation is 1. The number of nitrogens with one attached hydrogen (secondary N) is 1. The van der Waals surface area contributed by atoms with Crippen molar-refractivity contribution in [2.24, 2.45) is 13.0 Å². The van der Waals surface area contributed by atoms with E-state index in [1.54, 1.807) is 6.20 Å². The summed E-state index contributed by atoms with van der Waals surface area (Å²) in [6, 6.07) is 2.51. The molecule has 3 rings (SSSR count). The molecule has 1 fully saturated rings. The Morgan fingerprint density at radius 2 is 2.20 bits per heavy atom. The van der Waals surface area contributed by atoms with Crippen LogP contribution >= 0.6 is 11.6 Å². The predicted octanol–water partition coefficient (Wildman–Crippen LogP) is 3.14. The van der Waals surface area contributed by atoms with Gasteiger partial charge < -0.3 is 9.88 Å². The number of nitrogens with zero attached hydrogens (tertiary/aromatic N) is 5. The summed E-state index contributed by atoms with van der Waals surface area (Å²) in [5.41, 5.74) is 2.51. The van der Waals surface area contributed by atoms with E-state index in [1.807, 2.05) is 26.5 Å². The van der Waals surface area contributed by atoms with Gasteiger partial charge in [-0.1, -0.05) is 11.6 Å². The van der Waals surface area contributed by atoms with Gasteiger partial charge in [0.25, 0.3) is 0 Å². The van der Waals surface area contributed by atoms with Gasteiger partial charge in [-0.3, -0.25) is 4.90 Å². The quantitative estimate of drug-likeness (QED) is 0.909. The molecule has 1 saturated heterocycles. The predicted molar refractivity (Wildman–Crippen MR) is 98.5 cm³/mol. The molecular weight excluding hydrogens is 336 g/mol. The van der Waals surface area contributed by atoms with E-state index in [2.05, 4.69) is 37.9 Å². The highest BCUT2D eigenvalue weighted by molar-refractivity contribution is 6.31. The topological polar surface area (TPSA) is 69.8 Å². The average molecular weight is 359 g/mol. The van der Waals surface area contributed by atoms with Gasteiger partial charge in [0.05, 0.1) is 28.6 Å². The molecule has 7 heteroatoms. The molecule has 0 spiro atoms. The van der Waals surface area contributed by atoms with Crippen molar-refractivity contribution in [2.45, 2.75) is 25.8 Å². The zero-order chi connectivity index (χ0) is 18.0. The molecule has 3 heterocycles. The number of nitriles is 1. The molecular formula is C18H23ClN6. The molecule has 1 N–H and O–H groups in total. The lowest BCUT2D eigenvalue weighted by Gasteiger charge is -2.39. The maximum Gasteiger partial charge on any atom is 0.144 e. The molecule has 0 saturated carbocycles. The van der Waals surface area contributed by atoms with Gasteiger partial charge in [0.15, 0.2) is 0 Å². The fourth-order valence-electron chi connectivity index (χ4n) is 3.67. The fraction of sp³-hybridized carbons (Fsp3) is 0.500. The first-order valence-electron chi connectivity index (χ1n) is 8.48. The SMILES string of the molecule is Cc1c(Cl)cnc(NC[C@@H]2CCCN(C)[C@H]2c2cncn2C)c1C#N. The third-order valence-electron chi connectivity index (χ3n) is 5.08. The summed E-state index contributed by atoms with van der Waals surface area (Å²) in [4.78, 5) is 11.0. The molecule has 0 bridgehead atoms. The summed E-state index contributed by atoms with van der Waals surface area (Å²) in [5, 5.41) is 13.3. The minimum Gasteiger partial charge on any atom is -0.369 e. The van der Waals surface area contributed by atoms with Crippen LogP contribution in [0.15, 0.2) is 18.7 Å². The van der Waals surface area contributed by atoms with Crippen molar-refractivity contribution in [2.75, 3.05) is 25.5 Å². The summed E-state index contributed by atoms with van der Waals surface area (Å²) in [6.45, 7) is 3.68. The maximum atomic E-state index is 9.43. The molecule has 1 aliphatic heterocycles. The zero-order valence-electron chi connectivity index (χ0n) is 14.8. The Balaban J connectivity index is 1.81. The number of anilines is 1. The van der Waals surface area contributed by atoms with Gasteiger partial charge >= 0.3 is 0 Å². The number of pyridine rings is 1. The molecule has 2 aromatic rings. The first-order chi connectivity index (χ1) is 12.0. The van der Waals surface area contributed by atoms with Crippen LogP contribution in [0.2, 0.25) is 5.02 Å². The summed E-state index contributed by atoms with van der Waals surface area (Å²) in [7, 11) is 4.20. The summed E-state index contributed by atoms with van der Waals surface area (Å²) in [5.74, 6) is 1.03. The van der Waals surface area contributed by atoms with Crippen LogP contribution in [0.3, 0.4) is 0 Å². The largest absolute Gasteiger partial charge is 0.369 e. The van der Waals surface area contributed by atoms with Crippen LogP contribution in [-0.4, -0.2) is 39.6 Å². The average Bonchev–Trinajstić information content (AvgIpc) is 3.01. The van der Waals surface area contributed by atoms with Crippen LogP contribution in [-0.2, 0) is 7.05 Å². The van der Waals surface area contributed by atoms with Gasteiger partial charge in [0.2, 0.25) is 0 Å². The molecule has 0 aromatic carbocycles. The molecule has 1 aliphatic rings. The molecule has 0 radical (unpaired) electrons. The number of aromatic nitrogens is 3. The number of hydrogen-bond donors (Lipinski definition) is 1. The number of hydrogen-bond acceptors (Lipinski definition) is 5. The smallest absolute Gasteiger partial charge is 0.144 e. The number of piperidine rings is 1. The van der Waals surface area contributed by atoms with E-state index in [0.717, 1.165) is 31.5 Å². The van der Waals surface area contributed by atoms with Crippen LogP contribution in [0, 0.1) is 24.2 Å². The van der Waals surface area contributed by atoms with Gasteiger partial charge in [-0.25, -0.2) is 9.97 Å². The first-order valence-corrected chi connectivity index (χ1v) is 8.86. The number of likely N-dealkylation sites (tertiary alicyclic amines) is 1. The van der Waals surface area contributed by atoms with Crippen molar-refractivity contribution in [3.8, 4) is 6.07 Å². The van der Waals surface area contributed by atoms with Crippen molar-refractivity contribution in [1.82, 2.24) is 19.4 Å². The van der Waals surface area contributed by atoms with Crippen molar-refractivity contribution in [1.29, 1.82) is 5.26 Å². The standard InChI is InChI=1S/C18H23ClN6/c1-12-14(7-20)18(23-9-15(12)19)22-8-13-5-4-6-24(2)17(13)16-10-21-11-25(16)3/h9-11,13,17H,4-6,8H2,1-3H3,(H,22,23)/t13-,17+/m0/s1. The molecule has 0 unspecified atom stereocenters. The van der Waals surface area contributed by atoms with Crippen molar-refractivity contribution in [3.63, 3.8) is 0 Å². The zero-order valence-corrected chi connectivity index (χ0v) is 15.6. The highest BCUT2D eigenvalue weighted by atomic mass is 35.5. The van der Waals surface area contributed by atoms with Gasteiger partial charge in [0.1, 0.15) is 11.9 Å². The normalized spacial score (nSPS) is 21.1. The molecule has 2 aromatic heterocycles. The van der Waals surface area contributed by atoms with Crippen LogP contribution < -0.4 is 5.32 Å². The minimum atomic E-state index is 0.299. The monoisotopic (exact) mass is 358 g/mol. The third kappa shape index (κ3) is 3.48. The Labute approximate surface area is 153 Å². The summed E-state index contributed by atoms with van der Waals surface area (Å²) in [6.07, 6.45) is 7.69. The lowest BCUT2D eigenvalue weighted by molar-refractivity contribution is 0.122. The molecule has 0 aliphatic carbocycles. The van der Waals surface area contributed by atoms with Gasteiger partial charge in [0, 0.05) is 26.0 Å². The van der Waals surface area contributed by atoms with Crippen LogP contribution in [0.5, 0.6) is 0 Å². The van der Waals surface area contributed by atoms with Crippen molar-refractivity contribution < 1.29 is 0 Å². The van der Waals surface area contributed by atoms with E-state index < -0.39 is 0 Å². The lowest BCUT2D eigenvalue weighted by atomic mass is 9.87. The Morgan fingerprint density at radius 3 is 2.88 bits per heavy atom. The van der Waals surface area contributed by atoms with Gasteiger partial charge in [-0.05, 0) is 44.8 Å². The van der Waals surface area contributed by atoms with E-state index in [9.17, 15) is 5.26 Å². The number of rotatable bonds is 4. The van der Waals surface area contributed by atoms with Crippen LogP contribution in [0.25, 0.3) is 0 Å². The number of halogens is 1. The summed E-state index contributed by atoms with van der Waals surface area (Å²) < 4.78 is 2.09. The van der Waals surface area contributed by atoms with Crippen molar-refractivity contribution >= 4 is 17.4 Å². The highest BCUT2D eigenvalue weighted by Crippen LogP contribution is 2.35. The van der Waals surface area contributed by atoms with Crippen molar-refractivity contribution in [3.05, 3.63) is 40.6 Å². The Bertz CT molecular complexity index is 793. The number of imidazole rings is 1. The van der Waals surface area contributed by atoms with E-state index in [0.29, 0.717) is 28.4 Å². The second-order valence-electron chi connectivity index (χ2n) is 6.70. The Kier molecular flexibility index (Phi) is 5.26. The third-order valence-corrected chi connectivity index (χ3v) is 5.47. The van der Waals surface area contributed by atoms with Crippen LogP contribution in [0.1, 0.15) is 35.7 Å². The Morgan fingerprint density at radius 1 is 1.40 bits per heavy atom. The summed E-state index contributed by atoms with van der Waals surface area (Å²) >= 11 is 6.08. The Hall–Kier alpha value is -2.10. The van der Waals surface area contributed by atoms with E-state index in [4.69, 9.17) is 11.6 Å². The van der Waals surface area contributed by atoms with Gasteiger partial charge in [-0.15, -0.1) is 0 Å². The van der Waals surface area contributed by atoms with E-state index >= 15 is 0 Å². The molecule has 6 nitrogen and oxygen atoms in total. The van der Waals surface area contributed by atoms with E-state index in [1.165, 1.54) is 5.69 Å². The highest BCUT2D eigenvalue weighted by Gasteiger charge is 2.32. The molecule has 0 amide bonds. The molecule has 25 heavy (non-hydrogen) atoms. The maximum absolute atomic E-state index is 9.43. The second kappa shape index (κ2) is 7.42. The minimum absolute atomic E-state index is 0.299. The first kappa shape index (κ1) is 17.7. The molecule has 2 atom stereocenters. The molecule has 132 valence electrons. The lowest BCUT2D eigenvalue weighted by Crippen LogP contribution is -2.39. The van der Waals surface area contributed by atoms with Crippen LogP contribution in [0.4, 0.5) is 5.82 Å². The van der Waals surface area contributed by atoms with E-state index in [-0.39, 0.29) is 0 Å². The van der Waals surface area contributed by atoms with Gasteiger partial charge in [-0.2, -0.15) is 5.26 Å². The fourth-order valence-corrected chi connectivity index (χ4v) is 3.81. The second-order valence-corrected chi connectivity index (χ2v) is 7.11.